The third kappa shape index (κ3) is 5.52. The summed E-state index contributed by atoms with van der Waals surface area (Å²) in [6.07, 6.45) is 6.82. The van der Waals surface area contributed by atoms with Gasteiger partial charge < -0.3 is 9.40 Å². The van der Waals surface area contributed by atoms with Crippen molar-refractivity contribution in [3.05, 3.63) is 119 Å². The van der Waals surface area contributed by atoms with Crippen LogP contribution in [0.15, 0.2) is 96.2 Å². The van der Waals surface area contributed by atoms with Gasteiger partial charge in [0.1, 0.15) is 0 Å². The Morgan fingerprint density at radius 3 is 2.14 bits per heavy atom. The summed E-state index contributed by atoms with van der Waals surface area (Å²) in [4.78, 5) is 31.7. The van der Waals surface area contributed by atoms with Gasteiger partial charge in [0.2, 0.25) is 0 Å². The van der Waals surface area contributed by atoms with Crippen molar-refractivity contribution in [3.63, 3.8) is 0 Å². The first kappa shape index (κ1) is 27.6. The lowest BCUT2D eigenvalue weighted by Crippen LogP contribution is -2.08. The molecule has 0 spiro atoms. The van der Waals surface area contributed by atoms with E-state index in [-0.39, 0.29) is 5.78 Å². The number of hydrogen-bond acceptors (Lipinski definition) is 4. The molecule has 5 aromatic rings. The number of hydrogen-bond donors (Lipinski definition) is 0. The average Bonchev–Trinajstić information content (AvgIpc) is 3.66. The Kier molecular flexibility index (Phi) is 8.00. The fourth-order valence-electron chi connectivity index (χ4n) is 6.35. The molecule has 1 aliphatic rings. The van der Waals surface area contributed by atoms with Crippen LogP contribution in [0.25, 0.3) is 21.8 Å². The van der Waals surface area contributed by atoms with Gasteiger partial charge in [-0.15, -0.1) is 0 Å². The number of oxime groups is 1. The number of rotatable bonds is 9. The zero-order chi connectivity index (χ0) is 29.1. The van der Waals surface area contributed by atoms with E-state index >= 15 is 0 Å². The van der Waals surface area contributed by atoms with Gasteiger partial charge in [-0.05, 0) is 80.6 Å². The van der Waals surface area contributed by atoms with Crippen LogP contribution in [-0.4, -0.2) is 22.0 Å². The molecule has 0 saturated heterocycles. The monoisotopic (exact) mass is 556 g/mol. The van der Waals surface area contributed by atoms with Crippen LogP contribution in [-0.2, 0) is 11.4 Å². The quantitative estimate of drug-likeness (QED) is 0.0788. The predicted octanol–water partition coefficient (Wildman–Crippen LogP) is 8.89. The van der Waals surface area contributed by atoms with Gasteiger partial charge in [0.25, 0.3) is 0 Å². The van der Waals surface area contributed by atoms with Crippen LogP contribution in [0.2, 0.25) is 0 Å². The van der Waals surface area contributed by atoms with Crippen molar-refractivity contribution in [1.82, 2.24) is 4.57 Å². The van der Waals surface area contributed by atoms with E-state index in [2.05, 4.69) is 40.9 Å². The third-order valence-corrected chi connectivity index (χ3v) is 8.68. The molecule has 6 rings (SSSR count). The summed E-state index contributed by atoms with van der Waals surface area (Å²) < 4.78 is 2.28. The normalized spacial score (nSPS) is 14.1. The molecule has 4 aromatic carbocycles. The highest BCUT2D eigenvalue weighted by Crippen LogP contribution is 2.33. The molecule has 0 bridgehead atoms. The highest BCUT2D eigenvalue weighted by molar-refractivity contribution is 6.16. The number of fused-ring (bicyclic) bond motifs is 3. The maximum atomic E-state index is 13.5. The fourth-order valence-corrected chi connectivity index (χ4v) is 6.35. The van der Waals surface area contributed by atoms with Crippen molar-refractivity contribution in [1.29, 1.82) is 0 Å². The molecular formula is C37H36N2O3. The van der Waals surface area contributed by atoms with Crippen LogP contribution in [0, 0.1) is 12.8 Å². The minimum Gasteiger partial charge on any atom is -0.341 e. The van der Waals surface area contributed by atoms with Gasteiger partial charge in [0, 0.05) is 45.0 Å². The van der Waals surface area contributed by atoms with E-state index < -0.39 is 5.97 Å². The highest BCUT2D eigenvalue weighted by Gasteiger charge is 2.20. The van der Waals surface area contributed by atoms with Crippen molar-refractivity contribution in [2.24, 2.45) is 11.1 Å². The van der Waals surface area contributed by atoms with Gasteiger partial charge >= 0.3 is 5.97 Å². The van der Waals surface area contributed by atoms with Crippen molar-refractivity contribution in [3.8, 4) is 0 Å². The second-order valence-electron chi connectivity index (χ2n) is 11.3. The molecule has 42 heavy (non-hydrogen) atoms. The van der Waals surface area contributed by atoms with Crippen LogP contribution in [0.1, 0.15) is 82.9 Å². The van der Waals surface area contributed by atoms with Crippen LogP contribution in [0.3, 0.4) is 0 Å². The van der Waals surface area contributed by atoms with Crippen molar-refractivity contribution < 1.29 is 14.4 Å². The lowest BCUT2D eigenvalue weighted by molar-refractivity contribution is 0.0515. The summed E-state index contributed by atoms with van der Waals surface area (Å²) >= 11 is 0. The Bertz CT molecular complexity index is 1790. The number of aryl methyl sites for hydroxylation is 2. The van der Waals surface area contributed by atoms with Crippen LogP contribution < -0.4 is 0 Å². The standard InChI is InChI=1S/C37H36N2O3/c1-3-39-34-21-18-28(33(20-17-26-12-8-9-13-26)38-42-37(41)27-14-5-4-6-15-27)23-31(34)32-24-29(19-22-35(32)39)36(40)30-16-10-7-11-25(30)2/h4-7,10-11,14-16,18-19,21-24,26H,3,8-9,12-13,17,20H2,1-2H3/b38-33+. The summed E-state index contributed by atoms with van der Waals surface area (Å²) in [5, 5.41) is 6.54. The Morgan fingerprint density at radius 2 is 1.45 bits per heavy atom. The molecule has 0 unspecified atom stereocenters. The van der Waals surface area contributed by atoms with Crippen molar-refractivity contribution in [2.75, 3.05) is 0 Å². The summed E-state index contributed by atoms with van der Waals surface area (Å²) in [6, 6.07) is 29.1. The molecule has 5 heteroatoms. The molecule has 5 nitrogen and oxygen atoms in total. The zero-order valence-corrected chi connectivity index (χ0v) is 24.3. The van der Waals surface area contributed by atoms with Gasteiger partial charge in [0.15, 0.2) is 5.78 Å². The molecule has 0 amide bonds. The number of aromatic nitrogens is 1. The van der Waals surface area contributed by atoms with E-state index in [1.54, 1.807) is 12.1 Å². The van der Waals surface area contributed by atoms with Crippen LogP contribution in [0.5, 0.6) is 0 Å². The first-order chi connectivity index (χ1) is 20.5. The molecule has 212 valence electrons. The molecule has 0 N–H and O–H groups in total. The van der Waals surface area contributed by atoms with E-state index in [9.17, 15) is 9.59 Å². The molecular weight excluding hydrogens is 520 g/mol. The van der Waals surface area contributed by atoms with E-state index in [1.807, 2.05) is 61.5 Å². The Hall–Kier alpha value is -4.51. The molecule has 1 aromatic heterocycles. The number of carbonyl (C=O) groups is 2. The minimum atomic E-state index is -0.461. The highest BCUT2D eigenvalue weighted by atomic mass is 16.7. The molecule has 1 heterocycles. The van der Waals surface area contributed by atoms with Crippen LogP contribution in [0.4, 0.5) is 0 Å². The maximum absolute atomic E-state index is 13.5. The number of carbonyl (C=O) groups excluding carboxylic acids is 2. The van der Waals surface area contributed by atoms with Gasteiger partial charge in [-0.2, -0.15) is 0 Å². The first-order valence-electron chi connectivity index (χ1n) is 15.0. The minimum absolute atomic E-state index is 0.0233. The average molecular weight is 557 g/mol. The van der Waals surface area contributed by atoms with Gasteiger partial charge in [-0.3, -0.25) is 4.79 Å². The van der Waals surface area contributed by atoms with Gasteiger partial charge in [-0.1, -0.05) is 79.4 Å². The van der Waals surface area contributed by atoms with Gasteiger partial charge in [0.05, 0.1) is 11.3 Å². The second kappa shape index (κ2) is 12.2. The van der Waals surface area contributed by atoms with E-state index in [4.69, 9.17) is 4.84 Å². The lowest BCUT2D eigenvalue weighted by Gasteiger charge is -2.11. The predicted molar refractivity (Wildman–Crippen MR) is 169 cm³/mol. The van der Waals surface area contributed by atoms with E-state index in [0.717, 1.165) is 63.6 Å². The SMILES string of the molecule is CCn1c2ccc(C(=O)c3ccccc3C)cc2c2cc(/C(CCC3CCCC3)=N/OC(=O)c3ccccc3)ccc21. The lowest BCUT2D eigenvalue weighted by atomic mass is 9.95. The largest absolute Gasteiger partial charge is 0.365 e. The number of benzene rings is 4. The third-order valence-electron chi connectivity index (χ3n) is 8.68. The fraction of sp³-hybridized carbons (Fsp3) is 0.270. The Balaban J connectivity index is 1.40. The number of nitrogens with zero attached hydrogens (tertiary/aromatic N) is 2. The summed E-state index contributed by atoms with van der Waals surface area (Å²) in [5.74, 6) is 0.243. The zero-order valence-electron chi connectivity index (χ0n) is 24.3. The molecule has 1 fully saturated rings. The topological polar surface area (TPSA) is 60.7 Å². The van der Waals surface area contributed by atoms with E-state index in [0.29, 0.717) is 17.0 Å². The number of ketones is 1. The summed E-state index contributed by atoms with van der Waals surface area (Å²) in [6.45, 7) is 4.91. The van der Waals surface area contributed by atoms with Gasteiger partial charge in [-0.25, -0.2) is 4.79 Å². The second-order valence-corrected chi connectivity index (χ2v) is 11.3. The van der Waals surface area contributed by atoms with Crippen molar-refractivity contribution in [2.45, 2.75) is 58.9 Å². The molecule has 1 aliphatic carbocycles. The molecule has 0 radical (unpaired) electrons. The maximum Gasteiger partial charge on any atom is 0.365 e. The van der Waals surface area contributed by atoms with Crippen LogP contribution >= 0.6 is 0 Å². The smallest absolute Gasteiger partial charge is 0.341 e. The molecule has 1 saturated carbocycles. The Labute approximate surface area is 246 Å². The molecule has 0 aliphatic heterocycles. The van der Waals surface area contributed by atoms with E-state index in [1.165, 1.54) is 25.7 Å². The van der Waals surface area contributed by atoms with Crippen molar-refractivity contribution >= 4 is 39.3 Å². The summed E-state index contributed by atoms with van der Waals surface area (Å²) in [5.41, 5.74) is 6.74. The molecule has 0 atom stereocenters. The Morgan fingerprint density at radius 1 is 0.810 bits per heavy atom. The summed E-state index contributed by atoms with van der Waals surface area (Å²) in [7, 11) is 0. The first-order valence-corrected chi connectivity index (χ1v) is 15.0.